The minimum atomic E-state index is -1.39. The van der Waals surface area contributed by atoms with Crippen molar-refractivity contribution in [3.05, 3.63) is 60.2 Å². The predicted octanol–water partition coefficient (Wildman–Crippen LogP) is 0.299. The number of morpholine rings is 1. The number of carbonyl (C=O) groups excluding carboxylic acids is 4. The van der Waals surface area contributed by atoms with Gasteiger partial charge in [0.1, 0.15) is 23.7 Å². The Morgan fingerprint density at radius 2 is 1.83 bits per heavy atom. The van der Waals surface area contributed by atoms with Gasteiger partial charge in [-0.1, -0.05) is 54.6 Å². The molecule has 12 heteroatoms. The highest BCUT2D eigenvalue weighted by atomic mass is 16.6. The fourth-order valence-corrected chi connectivity index (χ4v) is 7.44. The van der Waals surface area contributed by atoms with Crippen LogP contribution in [-0.2, 0) is 39.8 Å². The van der Waals surface area contributed by atoms with Crippen molar-refractivity contribution in [1.29, 1.82) is 0 Å². The zero-order valence-corrected chi connectivity index (χ0v) is 26.3. The number of nitrogens with zero attached hydrogens (tertiary/aromatic N) is 3. The van der Waals surface area contributed by atoms with Gasteiger partial charge in [-0.25, -0.2) is 0 Å². The Bertz CT molecular complexity index is 1350. The number of hydrogen-bond acceptors (Lipinski definition) is 9. The van der Waals surface area contributed by atoms with Crippen LogP contribution in [0.2, 0.25) is 0 Å². The summed E-state index contributed by atoms with van der Waals surface area (Å²) in [5, 5.41) is 13.5. The van der Waals surface area contributed by atoms with Crippen molar-refractivity contribution in [2.75, 3.05) is 59.1 Å². The zero-order chi connectivity index (χ0) is 32.3. The molecule has 12 nitrogen and oxygen atoms in total. The molecule has 248 valence electrons. The zero-order valence-electron chi connectivity index (χ0n) is 26.3. The van der Waals surface area contributed by atoms with Crippen molar-refractivity contribution in [1.82, 2.24) is 20.0 Å². The van der Waals surface area contributed by atoms with E-state index in [0.717, 1.165) is 18.7 Å². The molecule has 1 aromatic carbocycles. The standard InChI is InChI=1S/C34H44N4O8/c1-23-21-35-27(40)10-6-3-7-13-37(15-14-36-16-18-44-19-17-36)32(42)30-34-12-11-26(46-34)28(33(43)45-23)29(34)31(41)38(30)25(22-39)20-24-8-4-2-5-9-24/h2-5,7-9,11-12,23,25-26,28-30,39H,6,10,13-22H2,1H3,(H,35,40)/b7-3-/t23-,25-,26+,28-,29-,30+,34-/m1/s1. The van der Waals surface area contributed by atoms with Crippen LogP contribution >= 0.6 is 0 Å². The van der Waals surface area contributed by atoms with Crippen LogP contribution in [0.1, 0.15) is 25.3 Å². The molecule has 3 fully saturated rings. The Morgan fingerprint density at radius 1 is 1.04 bits per heavy atom. The average molecular weight is 637 g/mol. The second-order valence-electron chi connectivity index (χ2n) is 12.8. The molecular weight excluding hydrogens is 592 g/mol. The third kappa shape index (κ3) is 6.35. The van der Waals surface area contributed by atoms with Crippen molar-refractivity contribution >= 4 is 23.7 Å². The maximum absolute atomic E-state index is 14.9. The molecule has 1 spiro atoms. The smallest absolute Gasteiger partial charge is 0.313 e. The van der Waals surface area contributed by atoms with Gasteiger partial charge in [0, 0.05) is 39.1 Å². The van der Waals surface area contributed by atoms with Gasteiger partial charge in [0.25, 0.3) is 0 Å². The number of esters is 1. The molecule has 0 aliphatic carbocycles. The van der Waals surface area contributed by atoms with Gasteiger partial charge in [-0.05, 0) is 25.3 Å². The number of aliphatic hydroxyl groups excluding tert-OH is 1. The SMILES string of the molecule is C[C@@H]1CNC(=O)CC/C=C\CN(CCN2CCOCC2)C(=O)[C@@H]2N([C@@H](CO)Cc3ccccc3)C(=O)[C@H]3[C@H](C(=O)O1)[C@@H]1C=C[C@]23O1. The summed E-state index contributed by atoms with van der Waals surface area (Å²) >= 11 is 0. The molecule has 2 N–H and O–H groups in total. The fraction of sp³-hybridized carbons (Fsp3) is 0.588. The summed E-state index contributed by atoms with van der Waals surface area (Å²) in [5.74, 6) is -3.46. The maximum Gasteiger partial charge on any atom is 0.313 e. The minimum absolute atomic E-state index is 0.137. The number of ether oxygens (including phenoxy) is 3. The number of carbonyl (C=O) groups is 4. The lowest BCUT2D eigenvalue weighted by Gasteiger charge is -2.39. The van der Waals surface area contributed by atoms with Crippen LogP contribution in [0.15, 0.2) is 54.6 Å². The van der Waals surface area contributed by atoms with E-state index in [1.54, 1.807) is 24.0 Å². The molecule has 5 bridgehead atoms. The van der Waals surface area contributed by atoms with Crippen LogP contribution in [0.5, 0.6) is 0 Å². The van der Waals surface area contributed by atoms with E-state index < -0.39 is 53.6 Å². The van der Waals surface area contributed by atoms with Crippen LogP contribution in [0, 0.1) is 11.8 Å². The van der Waals surface area contributed by atoms with Crippen molar-refractivity contribution in [3.63, 3.8) is 0 Å². The molecular formula is C34H44N4O8. The molecule has 46 heavy (non-hydrogen) atoms. The number of nitrogens with one attached hydrogen (secondary N) is 1. The molecule has 6 rings (SSSR count). The van der Waals surface area contributed by atoms with Gasteiger partial charge in [0.15, 0.2) is 0 Å². The lowest BCUT2D eigenvalue weighted by Crippen LogP contribution is -2.59. The van der Waals surface area contributed by atoms with Gasteiger partial charge in [-0.3, -0.25) is 24.1 Å². The quantitative estimate of drug-likeness (QED) is 0.320. The third-order valence-corrected chi connectivity index (χ3v) is 9.77. The van der Waals surface area contributed by atoms with Gasteiger partial charge >= 0.3 is 5.97 Å². The van der Waals surface area contributed by atoms with E-state index in [9.17, 15) is 24.3 Å². The number of hydrogen-bond donors (Lipinski definition) is 2. The molecule has 3 saturated heterocycles. The van der Waals surface area contributed by atoms with Gasteiger partial charge < -0.3 is 34.4 Å². The van der Waals surface area contributed by atoms with E-state index >= 15 is 0 Å². The number of benzene rings is 1. The van der Waals surface area contributed by atoms with Crippen LogP contribution in [0.25, 0.3) is 0 Å². The van der Waals surface area contributed by atoms with E-state index in [2.05, 4.69) is 10.2 Å². The number of amides is 3. The van der Waals surface area contributed by atoms with E-state index in [1.807, 2.05) is 42.5 Å². The molecule has 5 aliphatic heterocycles. The Morgan fingerprint density at radius 3 is 2.59 bits per heavy atom. The van der Waals surface area contributed by atoms with E-state index in [0.29, 0.717) is 39.1 Å². The first kappa shape index (κ1) is 32.4. The summed E-state index contributed by atoms with van der Waals surface area (Å²) in [7, 11) is 0. The Balaban J connectivity index is 1.38. The molecule has 5 aliphatic rings. The number of likely N-dealkylation sites (tertiary alicyclic amines) is 1. The monoisotopic (exact) mass is 636 g/mol. The Hall–Kier alpha value is -3.58. The summed E-state index contributed by atoms with van der Waals surface area (Å²) in [5.41, 5.74) is -0.483. The Labute approximate surface area is 269 Å². The molecule has 3 amide bonds. The highest BCUT2D eigenvalue weighted by Crippen LogP contribution is 2.56. The number of rotatable bonds is 7. The molecule has 1 aromatic rings. The van der Waals surface area contributed by atoms with Crippen LogP contribution in [-0.4, -0.2) is 132 Å². The summed E-state index contributed by atoms with van der Waals surface area (Å²) in [4.78, 5) is 61.0. The lowest BCUT2D eigenvalue weighted by molar-refractivity contribution is -0.159. The van der Waals surface area contributed by atoms with Crippen molar-refractivity contribution in [2.24, 2.45) is 11.8 Å². The Kier molecular flexibility index (Phi) is 9.88. The first-order chi connectivity index (χ1) is 22.3. The van der Waals surface area contributed by atoms with E-state index in [4.69, 9.17) is 14.2 Å². The van der Waals surface area contributed by atoms with E-state index in [1.165, 1.54) is 4.90 Å². The van der Waals surface area contributed by atoms with Crippen molar-refractivity contribution in [3.8, 4) is 0 Å². The van der Waals surface area contributed by atoms with E-state index in [-0.39, 0.29) is 37.9 Å². The largest absolute Gasteiger partial charge is 0.460 e. The summed E-state index contributed by atoms with van der Waals surface area (Å²) in [6, 6.07) is 7.70. The number of aliphatic hydroxyl groups is 1. The van der Waals surface area contributed by atoms with Crippen molar-refractivity contribution < 1.29 is 38.5 Å². The van der Waals surface area contributed by atoms with Gasteiger partial charge in [-0.2, -0.15) is 0 Å². The maximum atomic E-state index is 14.9. The number of allylic oxidation sites excluding steroid dienone is 1. The number of cyclic esters (lactones) is 1. The van der Waals surface area contributed by atoms with Gasteiger partial charge in [0.05, 0.1) is 44.4 Å². The first-order valence-electron chi connectivity index (χ1n) is 16.4. The van der Waals surface area contributed by atoms with Crippen molar-refractivity contribution in [2.45, 2.75) is 56.1 Å². The van der Waals surface area contributed by atoms with Gasteiger partial charge in [-0.15, -0.1) is 0 Å². The third-order valence-electron chi connectivity index (χ3n) is 9.77. The van der Waals surface area contributed by atoms with Crippen LogP contribution in [0.3, 0.4) is 0 Å². The highest BCUT2D eigenvalue weighted by molar-refractivity contribution is 5.99. The molecule has 5 heterocycles. The molecule has 0 saturated carbocycles. The number of fused-ring (bicyclic) bond motifs is 2. The highest BCUT2D eigenvalue weighted by Gasteiger charge is 2.74. The topological polar surface area (TPSA) is 138 Å². The van der Waals surface area contributed by atoms with Crippen LogP contribution < -0.4 is 5.32 Å². The fourth-order valence-electron chi connectivity index (χ4n) is 7.44. The average Bonchev–Trinajstić information content (AvgIpc) is 3.71. The summed E-state index contributed by atoms with van der Waals surface area (Å²) in [6.45, 7) is 5.48. The summed E-state index contributed by atoms with van der Waals surface area (Å²) < 4.78 is 17.8. The predicted molar refractivity (Wildman–Crippen MR) is 166 cm³/mol. The normalized spacial score (nSPS) is 33.6. The molecule has 0 radical (unpaired) electrons. The van der Waals surface area contributed by atoms with Crippen LogP contribution in [0.4, 0.5) is 0 Å². The first-order valence-corrected chi connectivity index (χ1v) is 16.4. The minimum Gasteiger partial charge on any atom is -0.460 e. The molecule has 0 unspecified atom stereocenters. The molecule has 0 aromatic heterocycles. The lowest BCUT2D eigenvalue weighted by atomic mass is 9.74. The summed E-state index contributed by atoms with van der Waals surface area (Å²) in [6.07, 6.45) is 6.98. The second kappa shape index (κ2) is 14.0. The molecule has 7 atom stereocenters. The second-order valence-corrected chi connectivity index (χ2v) is 12.8. The van der Waals surface area contributed by atoms with Gasteiger partial charge in [0.2, 0.25) is 17.7 Å².